The number of pyridine rings is 5. The summed E-state index contributed by atoms with van der Waals surface area (Å²) in [6.45, 7) is 28.0. The fourth-order valence-electron chi connectivity index (χ4n) is 11.3. The van der Waals surface area contributed by atoms with Gasteiger partial charge in [-0.05, 0) is 184 Å². The van der Waals surface area contributed by atoms with Crippen LogP contribution in [0.2, 0.25) is 0 Å². The minimum absolute atomic E-state index is 0.0554. The van der Waals surface area contributed by atoms with E-state index in [4.69, 9.17) is 15.1 Å². The van der Waals surface area contributed by atoms with Gasteiger partial charge in [0.05, 0.1) is 0 Å². The van der Waals surface area contributed by atoms with Crippen molar-refractivity contribution in [2.45, 2.75) is 156 Å². The zero-order valence-corrected chi connectivity index (χ0v) is 58.1. The van der Waals surface area contributed by atoms with Crippen LogP contribution in [-0.2, 0) is 60.8 Å². The molecule has 90 heavy (non-hydrogen) atoms. The van der Waals surface area contributed by atoms with Crippen molar-refractivity contribution < 1.29 is 37.9 Å². The summed E-state index contributed by atoms with van der Waals surface area (Å²) < 4.78 is 96.3. The molecular formula is C85H110N5+5. The predicted octanol–water partition coefficient (Wildman–Crippen LogP) is 18.8. The van der Waals surface area contributed by atoms with Gasteiger partial charge in [0.1, 0.15) is 35.2 Å². The van der Waals surface area contributed by atoms with E-state index in [-0.39, 0.29) is 16.7 Å². The van der Waals surface area contributed by atoms with Crippen molar-refractivity contribution in [3.05, 3.63) is 267 Å². The van der Waals surface area contributed by atoms with E-state index in [2.05, 4.69) is 189 Å². The van der Waals surface area contributed by atoms with E-state index < -0.39 is 32.3 Å². The van der Waals surface area contributed by atoms with Crippen LogP contribution in [0.25, 0.3) is 56.3 Å². The lowest BCUT2D eigenvalue weighted by Gasteiger charge is -2.18. The minimum atomic E-state index is -2.35. The van der Waals surface area contributed by atoms with Crippen LogP contribution in [0.1, 0.15) is 163 Å². The van der Waals surface area contributed by atoms with E-state index in [0.717, 1.165) is 63.3 Å². The molecule has 10 aromatic rings. The second-order valence-corrected chi connectivity index (χ2v) is 26.7. The fraction of sp³-hybridized carbons (Fsp3) is 0.353. The van der Waals surface area contributed by atoms with Crippen molar-refractivity contribution in [3.63, 3.8) is 0 Å². The van der Waals surface area contributed by atoms with Crippen LogP contribution in [0.4, 0.5) is 0 Å². The Labute approximate surface area is 561 Å². The smallest absolute Gasteiger partial charge is 0.201 e. The summed E-state index contributed by atoms with van der Waals surface area (Å²) in [5, 5.41) is 0. The Kier molecular flexibility index (Phi) is 19.9. The van der Waals surface area contributed by atoms with Gasteiger partial charge in [-0.15, -0.1) is 0 Å². The monoisotopic (exact) mass is 1210 g/mol. The van der Waals surface area contributed by atoms with Gasteiger partial charge in [0.25, 0.3) is 0 Å². The normalized spacial score (nSPS) is 13.6. The number of aromatic nitrogens is 5. The molecule has 10 rings (SSSR count). The molecule has 0 aliphatic carbocycles. The van der Waals surface area contributed by atoms with Crippen LogP contribution in [-0.4, -0.2) is 0 Å². The lowest BCUT2D eigenvalue weighted by Crippen LogP contribution is -2.32. The van der Waals surface area contributed by atoms with Crippen molar-refractivity contribution in [1.29, 1.82) is 0 Å². The average molecular weight is 1210 g/mol. The Balaban J connectivity index is 0.000000199. The van der Waals surface area contributed by atoms with Gasteiger partial charge < -0.3 is 0 Å². The molecule has 0 N–H and O–H groups in total. The van der Waals surface area contributed by atoms with Crippen LogP contribution in [0.15, 0.2) is 195 Å². The number of aryl methyl sites for hydroxylation is 15. The molecule has 0 saturated carbocycles. The highest BCUT2D eigenvalue weighted by molar-refractivity contribution is 5.65. The summed E-state index contributed by atoms with van der Waals surface area (Å²) in [5.74, 6) is -0.977. The number of rotatable bonds is 10. The van der Waals surface area contributed by atoms with Gasteiger partial charge in [0.15, 0.2) is 31.0 Å². The van der Waals surface area contributed by atoms with E-state index in [1.807, 2.05) is 117 Å². The molecule has 0 atom stereocenters. The summed E-state index contributed by atoms with van der Waals surface area (Å²) >= 11 is 0. The van der Waals surface area contributed by atoms with Crippen molar-refractivity contribution in [2.75, 3.05) is 0 Å². The van der Waals surface area contributed by atoms with Crippen LogP contribution in [0, 0.1) is 66.1 Å². The highest BCUT2D eigenvalue weighted by Gasteiger charge is 2.21. The Morgan fingerprint density at radius 2 is 0.733 bits per heavy atom. The van der Waals surface area contributed by atoms with Crippen molar-refractivity contribution in [1.82, 2.24) is 0 Å². The molecule has 5 aromatic heterocycles. The van der Waals surface area contributed by atoms with Crippen LogP contribution < -0.4 is 22.8 Å². The van der Waals surface area contributed by atoms with Gasteiger partial charge in [-0.3, -0.25) is 0 Å². The first-order chi connectivity index (χ1) is 46.6. The molecule has 5 heteroatoms. The molecule has 5 heterocycles. The average Bonchev–Trinajstić information content (AvgIpc) is 0.779. The summed E-state index contributed by atoms with van der Waals surface area (Å²) in [7, 11) is 9.84. The largest absolute Gasteiger partial charge is 0.212 e. The maximum absolute atomic E-state index is 8.32. The Bertz CT molecular complexity index is 4370. The van der Waals surface area contributed by atoms with Gasteiger partial charge in [-0.25, -0.2) is 22.8 Å². The summed E-state index contributed by atoms with van der Waals surface area (Å²) in [4.78, 5) is 0. The molecular weight excluding hydrogens is 1090 g/mol. The van der Waals surface area contributed by atoms with E-state index in [1.54, 1.807) is 44.6 Å². The summed E-state index contributed by atoms with van der Waals surface area (Å²) in [6.07, 6.45) is 8.65. The molecule has 0 fully saturated rings. The molecule has 5 nitrogen and oxygen atoms in total. The van der Waals surface area contributed by atoms with E-state index in [0.29, 0.717) is 16.4 Å². The quantitative estimate of drug-likeness (QED) is 0.122. The topological polar surface area (TPSA) is 19.4 Å². The van der Waals surface area contributed by atoms with Crippen LogP contribution in [0.3, 0.4) is 0 Å². The van der Waals surface area contributed by atoms with Gasteiger partial charge in [0.2, 0.25) is 28.5 Å². The van der Waals surface area contributed by atoms with Crippen molar-refractivity contribution in [3.8, 4) is 56.3 Å². The second kappa shape index (κ2) is 32.0. The lowest BCUT2D eigenvalue weighted by molar-refractivity contribution is -0.661. The molecule has 0 aliphatic rings. The van der Waals surface area contributed by atoms with Gasteiger partial charge in [0, 0.05) is 102 Å². The highest BCUT2D eigenvalue weighted by atomic mass is 14.9. The molecule has 0 unspecified atom stereocenters. The molecule has 0 spiro atoms. The van der Waals surface area contributed by atoms with Crippen molar-refractivity contribution in [2.24, 2.45) is 46.1 Å². The van der Waals surface area contributed by atoms with E-state index in [9.17, 15) is 0 Å². The molecule has 0 bridgehead atoms. The number of hydrogen-bond acceptors (Lipinski definition) is 0. The van der Waals surface area contributed by atoms with Crippen molar-refractivity contribution >= 4 is 0 Å². The molecule has 0 aliphatic heterocycles. The molecule has 0 radical (unpaired) electrons. The molecule has 470 valence electrons. The van der Waals surface area contributed by atoms with Gasteiger partial charge in [-0.2, -0.15) is 0 Å². The Morgan fingerprint density at radius 3 is 1.13 bits per heavy atom. The maximum Gasteiger partial charge on any atom is 0.212 e. The fourth-order valence-corrected chi connectivity index (χ4v) is 11.3. The third-order valence-electron chi connectivity index (χ3n) is 16.1. The number of nitrogens with zero attached hydrogens (tertiary/aromatic N) is 5. The minimum Gasteiger partial charge on any atom is -0.201 e. The SMILES string of the molecule is Cc1ccccc1-c1cc(CC(C)(C)C)cc[n+]1C.Cc1ccccc1-c1ccc(CC(C)(C)C)c[n+]1C.[2H]C([2H])(C)c1c[n+](C)c(-c2ccccc2C)cc1C.[2H]C([2H])([2H])c1c[n+](C)c(-c2ccccc2C)cc1C([2H])(C)C.[2H]C([2H])([2H])c1c[n+](C)c(-c2ccccc2C)cc1C([2H])([2H])C. The predicted molar refractivity (Wildman–Crippen MR) is 382 cm³/mol. The zero-order valence-electron chi connectivity index (χ0n) is 69.1. The summed E-state index contributed by atoms with van der Waals surface area (Å²) in [5.41, 5.74) is 23.5. The van der Waals surface area contributed by atoms with Crippen LogP contribution in [0.5, 0.6) is 0 Å². The molecule has 5 aromatic carbocycles. The first-order valence-electron chi connectivity index (χ1n) is 36.9. The van der Waals surface area contributed by atoms with Gasteiger partial charge >= 0.3 is 0 Å². The van der Waals surface area contributed by atoms with Gasteiger partial charge in [-0.1, -0.05) is 160 Å². The highest BCUT2D eigenvalue weighted by Crippen LogP contribution is 2.29. The first-order valence-corrected chi connectivity index (χ1v) is 31.4. The number of benzene rings is 5. The van der Waals surface area contributed by atoms with Crippen LogP contribution >= 0.6 is 0 Å². The molecule has 0 amide bonds. The van der Waals surface area contributed by atoms with E-state index >= 15 is 0 Å². The second-order valence-electron chi connectivity index (χ2n) is 26.7. The zero-order chi connectivity index (χ0) is 75.7. The third kappa shape index (κ3) is 19.7. The first kappa shape index (κ1) is 55.9. The number of hydrogen-bond donors (Lipinski definition) is 0. The van der Waals surface area contributed by atoms with E-state index in [1.165, 1.54) is 69.0 Å². The Morgan fingerprint density at radius 1 is 0.367 bits per heavy atom. The Hall–Kier alpha value is -8.15. The summed E-state index contributed by atoms with van der Waals surface area (Å²) in [6, 6.07) is 55.8. The third-order valence-corrected chi connectivity index (χ3v) is 16.1. The maximum atomic E-state index is 8.32. The lowest BCUT2D eigenvalue weighted by atomic mass is 9.88. The molecule has 0 saturated heterocycles. The standard InChI is InChI=1S/2C18H24N.C17H22N.2C16H20N/c1-14-8-6-7-9-16(14)17-12-15(10-11-19(17)5)13-18(2,3)4;1-14-8-6-7-9-16(14)17-11-10-15(13-19(17)5)12-18(2,3)4;1-12(2)16-10-17(18(5)11-14(16)4)15-9-7-6-8-13(15)3;1-5-14-10-16(17(4)11-13(14)3)15-9-7-6-8-12(15)2;1-5-14-11-17(4)16(10-13(14)3)15-9-7-6-8-12(15)2/h6-12H,13H2,1-5H3;6-11,13H,12H2,1-5H3;6-12H,1-5H3;2*6-11H,5H2,1-4H3/q5*+1/i;;4D3,12D;3D3,5D2;5D2.